The number of rotatable bonds is 6. The fourth-order valence-electron chi connectivity index (χ4n) is 3.32. The third-order valence-corrected chi connectivity index (χ3v) is 7.84. The third kappa shape index (κ3) is 4.91. The van der Waals surface area contributed by atoms with Gasteiger partial charge in [0.15, 0.2) is 0 Å². The van der Waals surface area contributed by atoms with Crippen LogP contribution in [0.5, 0.6) is 0 Å². The van der Waals surface area contributed by atoms with E-state index in [0.29, 0.717) is 28.1 Å². The van der Waals surface area contributed by atoms with Crippen LogP contribution in [0, 0.1) is 34.6 Å². The number of aryl methyl sites for hydroxylation is 4. The van der Waals surface area contributed by atoms with Crippen LogP contribution in [-0.4, -0.2) is 16.8 Å². The first-order valence-corrected chi connectivity index (χ1v) is 12.7. The molecule has 0 heterocycles. The van der Waals surface area contributed by atoms with E-state index in [-0.39, 0.29) is 9.79 Å². The molecule has 0 saturated carbocycles. The van der Waals surface area contributed by atoms with Gasteiger partial charge in [0.2, 0.25) is 0 Å². The maximum absolute atomic E-state index is 12.9. The van der Waals surface area contributed by atoms with Crippen molar-refractivity contribution in [2.75, 3.05) is 9.44 Å². The van der Waals surface area contributed by atoms with Crippen LogP contribution in [0.25, 0.3) is 0 Å². The Morgan fingerprint density at radius 2 is 0.871 bits per heavy atom. The summed E-state index contributed by atoms with van der Waals surface area (Å²) in [6.07, 6.45) is 0. The lowest BCUT2D eigenvalue weighted by atomic mass is 10.0. The second-order valence-electron chi connectivity index (χ2n) is 7.72. The number of benzene rings is 3. The first-order chi connectivity index (χ1) is 14.4. The van der Waals surface area contributed by atoms with Gasteiger partial charge in [-0.05, 0) is 75.6 Å². The maximum atomic E-state index is 12.9. The van der Waals surface area contributed by atoms with Gasteiger partial charge in [-0.15, -0.1) is 0 Å². The van der Waals surface area contributed by atoms with Crippen LogP contribution in [0.1, 0.15) is 27.8 Å². The Labute approximate surface area is 184 Å². The van der Waals surface area contributed by atoms with Gasteiger partial charge < -0.3 is 0 Å². The molecule has 0 bridgehead atoms. The molecule has 2 N–H and O–H groups in total. The van der Waals surface area contributed by atoms with Crippen molar-refractivity contribution in [3.05, 3.63) is 82.4 Å². The monoisotopic (exact) mass is 458 g/mol. The summed E-state index contributed by atoms with van der Waals surface area (Å²) >= 11 is 0. The number of sulfonamides is 2. The van der Waals surface area contributed by atoms with E-state index >= 15 is 0 Å². The van der Waals surface area contributed by atoms with Crippen LogP contribution in [0.4, 0.5) is 11.4 Å². The van der Waals surface area contributed by atoms with Crippen molar-refractivity contribution < 1.29 is 16.8 Å². The highest BCUT2D eigenvalue weighted by molar-refractivity contribution is 7.93. The highest BCUT2D eigenvalue weighted by Crippen LogP contribution is 2.34. The molecule has 0 aliphatic rings. The first kappa shape index (κ1) is 22.8. The Hall–Kier alpha value is -2.84. The van der Waals surface area contributed by atoms with E-state index in [0.717, 1.165) is 11.1 Å². The van der Waals surface area contributed by atoms with Gasteiger partial charge >= 0.3 is 0 Å². The smallest absolute Gasteiger partial charge is 0.261 e. The average Bonchev–Trinajstić information content (AvgIpc) is 2.69. The van der Waals surface area contributed by atoms with E-state index in [2.05, 4.69) is 9.44 Å². The molecule has 3 aromatic rings. The van der Waals surface area contributed by atoms with Crippen molar-refractivity contribution in [3.8, 4) is 0 Å². The number of anilines is 2. The minimum atomic E-state index is -3.83. The second-order valence-corrected chi connectivity index (χ2v) is 11.1. The molecule has 0 unspecified atom stereocenters. The zero-order valence-corrected chi connectivity index (χ0v) is 19.8. The van der Waals surface area contributed by atoms with Crippen molar-refractivity contribution in [3.63, 3.8) is 0 Å². The molecule has 0 aliphatic carbocycles. The molecule has 8 heteroatoms. The van der Waals surface area contributed by atoms with Crippen LogP contribution in [0.3, 0.4) is 0 Å². The fourth-order valence-corrected chi connectivity index (χ4v) is 5.71. The van der Waals surface area contributed by atoms with Crippen LogP contribution < -0.4 is 9.44 Å². The van der Waals surface area contributed by atoms with Crippen LogP contribution in [0.15, 0.2) is 64.4 Å². The van der Waals surface area contributed by atoms with Gasteiger partial charge in [-0.1, -0.05) is 41.5 Å². The molecular formula is C23H26N2O4S2. The highest BCUT2D eigenvalue weighted by Gasteiger charge is 2.22. The second kappa shape index (κ2) is 8.36. The van der Waals surface area contributed by atoms with E-state index in [1.54, 1.807) is 51.1 Å². The summed E-state index contributed by atoms with van der Waals surface area (Å²) in [5.41, 5.74) is 4.52. The van der Waals surface area contributed by atoms with E-state index in [9.17, 15) is 16.8 Å². The van der Waals surface area contributed by atoms with Gasteiger partial charge in [0.1, 0.15) is 0 Å². The van der Waals surface area contributed by atoms with Crippen molar-refractivity contribution in [2.24, 2.45) is 0 Å². The molecule has 0 aromatic heterocycles. The highest BCUT2D eigenvalue weighted by atomic mass is 32.2. The lowest BCUT2D eigenvalue weighted by molar-refractivity contribution is 0.599. The summed E-state index contributed by atoms with van der Waals surface area (Å²) in [4.78, 5) is 0.276. The molecule has 0 saturated heterocycles. The van der Waals surface area contributed by atoms with Gasteiger partial charge in [-0.25, -0.2) is 16.8 Å². The van der Waals surface area contributed by atoms with Crippen molar-refractivity contribution in [2.45, 2.75) is 44.4 Å². The predicted molar refractivity (Wildman–Crippen MR) is 125 cm³/mol. The molecule has 0 radical (unpaired) electrons. The molecule has 0 spiro atoms. The maximum Gasteiger partial charge on any atom is 0.261 e. The van der Waals surface area contributed by atoms with E-state index < -0.39 is 20.0 Å². The van der Waals surface area contributed by atoms with Crippen molar-refractivity contribution >= 4 is 31.4 Å². The number of hydrogen-bond acceptors (Lipinski definition) is 4. The summed E-state index contributed by atoms with van der Waals surface area (Å²) in [5, 5.41) is 0. The van der Waals surface area contributed by atoms with Gasteiger partial charge in [-0.2, -0.15) is 0 Å². The summed E-state index contributed by atoms with van der Waals surface area (Å²) in [6.45, 7) is 9.02. The van der Waals surface area contributed by atoms with Gasteiger partial charge in [-0.3, -0.25) is 9.44 Å². The number of nitrogens with one attached hydrogen (secondary N) is 2. The van der Waals surface area contributed by atoms with E-state index in [1.807, 2.05) is 13.8 Å². The third-order valence-electron chi connectivity index (χ3n) is 5.11. The Morgan fingerprint density at radius 1 is 0.548 bits per heavy atom. The minimum Gasteiger partial charge on any atom is -0.279 e. The Bertz CT molecular complexity index is 1230. The van der Waals surface area contributed by atoms with Crippen LogP contribution in [0.2, 0.25) is 0 Å². The molecule has 6 nitrogen and oxygen atoms in total. The largest absolute Gasteiger partial charge is 0.279 e. The number of hydrogen-bond donors (Lipinski definition) is 2. The summed E-state index contributed by atoms with van der Waals surface area (Å²) in [6, 6.07) is 14.8. The SMILES string of the molecule is Cc1ccc(S(=O)(=O)Nc2c(C)cc(C)c(NS(=O)(=O)c3ccc(C)cc3)c2C)cc1. The fraction of sp³-hybridized carbons (Fsp3) is 0.217. The molecule has 0 fully saturated rings. The summed E-state index contributed by atoms with van der Waals surface area (Å²) in [5.74, 6) is 0. The molecule has 31 heavy (non-hydrogen) atoms. The molecule has 0 atom stereocenters. The average molecular weight is 459 g/mol. The molecular weight excluding hydrogens is 432 g/mol. The molecule has 3 rings (SSSR count). The van der Waals surface area contributed by atoms with Gasteiger partial charge in [0.25, 0.3) is 20.0 Å². The molecule has 164 valence electrons. The van der Waals surface area contributed by atoms with Crippen LogP contribution in [-0.2, 0) is 20.0 Å². The quantitative estimate of drug-likeness (QED) is 0.553. The lowest BCUT2D eigenvalue weighted by Gasteiger charge is -2.20. The van der Waals surface area contributed by atoms with E-state index in [4.69, 9.17) is 0 Å². The molecule has 0 aliphatic heterocycles. The summed E-state index contributed by atoms with van der Waals surface area (Å²) in [7, 11) is -7.67. The van der Waals surface area contributed by atoms with E-state index in [1.165, 1.54) is 24.3 Å². The van der Waals surface area contributed by atoms with Gasteiger partial charge in [0, 0.05) is 0 Å². The Balaban J connectivity index is 2.02. The van der Waals surface area contributed by atoms with Crippen LogP contribution >= 0.6 is 0 Å². The topological polar surface area (TPSA) is 92.3 Å². The Morgan fingerprint density at radius 3 is 1.19 bits per heavy atom. The predicted octanol–water partition coefficient (Wildman–Crippen LogP) is 4.83. The molecule has 0 amide bonds. The zero-order valence-electron chi connectivity index (χ0n) is 18.1. The lowest BCUT2D eigenvalue weighted by Crippen LogP contribution is -2.18. The molecule has 3 aromatic carbocycles. The van der Waals surface area contributed by atoms with Crippen molar-refractivity contribution in [1.82, 2.24) is 0 Å². The minimum absolute atomic E-state index is 0.138. The Kier molecular flexibility index (Phi) is 6.16. The normalized spacial score (nSPS) is 11.9. The first-order valence-electron chi connectivity index (χ1n) is 9.70. The summed E-state index contributed by atoms with van der Waals surface area (Å²) < 4.78 is 56.9. The van der Waals surface area contributed by atoms with Crippen molar-refractivity contribution in [1.29, 1.82) is 0 Å². The standard InChI is InChI=1S/C23H26N2O4S2/c1-15-6-10-20(11-7-15)30(26,27)24-22-17(3)14-18(4)23(19(22)5)25-31(28,29)21-12-8-16(2)9-13-21/h6-14,24-25H,1-5H3. The zero-order chi connectivity index (χ0) is 23.0. The van der Waals surface area contributed by atoms with Gasteiger partial charge in [0.05, 0.1) is 21.2 Å².